The van der Waals surface area contributed by atoms with Crippen LogP contribution in [0.1, 0.15) is 39.1 Å². The van der Waals surface area contributed by atoms with Crippen LogP contribution in [0, 0.1) is 0 Å². The number of rotatable bonds is 13. The van der Waals surface area contributed by atoms with Gasteiger partial charge in [-0.25, -0.2) is 9.59 Å². The molecule has 0 radical (unpaired) electrons. The Hall–Kier alpha value is -4.94. The van der Waals surface area contributed by atoms with Crippen LogP contribution in [-0.2, 0) is 44.7 Å². The second kappa shape index (κ2) is 15.5. The van der Waals surface area contributed by atoms with E-state index >= 15 is 0 Å². The number of ether oxygens (including phenoxy) is 5. The molecule has 0 aliphatic rings. The minimum Gasteiger partial charge on any atom is -0.489 e. The van der Waals surface area contributed by atoms with Crippen LogP contribution < -0.4 is 15.4 Å². The molecule has 0 aliphatic carbocycles. The quantitative estimate of drug-likeness (QED) is 0.265. The monoisotopic (exact) mass is 558 g/mol. The van der Waals surface area contributed by atoms with E-state index in [1.807, 2.05) is 30.3 Å². The highest BCUT2D eigenvalue weighted by Crippen LogP contribution is 2.20. The van der Waals surface area contributed by atoms with E-state index in [1.54, 1.807) is 0 Å². The van der Waals surface area contributed by atoms with Gasteiger partial charge in [0.1, 0.15) is 24.4 Å². The molecule has 0 saturated heterocycles. The number of methoxy groups -OCH3 is 4. The van der Waals surface area contributed by atoms with Crippen molar-refractivity contribution in [3.8, 4) is 5.75 Å². The minimum atomic E-state index is -1.38. The summed E-state index contributed by atoms with van der Waals surface area (Å²) in [4.78, 5) is 74.0. The summed E-state index contributed by atoms with van der Waals surface area (Å²) in [5, 5.41) is 4.76. The van der Waals surface area contributed by atoms with Crippen molar-refractivity contribution in [1.29, 1.82) is 0 Å². The van der Waals surface area contributed by atoms with Gasteiger partial charge in [-0.15, -0.1) is 0 Å². The van der Waals surface area contributed by atoms with E-state index in [4.69, 9.17) is 4.74 Å². The van der Waals surface area contributed by atoms with Crippen LogP contribution in [0.25, 0.3) is 0 Å². The third-order valence-electron chi connectivity index (χ3n) is 5.46. The summed E-state index contributed by atoms with van der Waals surface area (Å²) in [5.74, 6) is -4.89. The van der Waals surface area contributed by atoms with Crippen molar-refractivity contribution in [2.75, 3.05) is 28.4 Å². The Morgan fingerprint density at radius 2 is 1.10 bits per heavy atom. The minimum absolute atomic E-state index is 0.0905. The zero-order valence-electron chi connectivity index (χ0n) is 22.4. The lowest BCUT2D eigenvalue weighted by molar-refractivity contribution is -0.149. The first kappa shape index (κ1) is 31.3. The molecule has 0 fully saturated rings. The molecule has 0 aromatic heterocycles. The number of hydrogen-bond donors (Lipinski definition) is 2. The van der Waals surface area contributed by atoms with E-state index in [0.29, 0.717) is 0 Å². The predicted molar refractivity (Wildman–Crippen MR) is 137 cm³/mol. The molecule has 2 atom stereocenters. The molecular weight excluding hydrogens is 528 g/mol. The third kappa shape index (κ3) is 9.42. The highest BCUT2D eigenvalue weighted by Gasteiger charge is 2.28. The fraction of sp³-hybridized carbons (Fsp3) is 0.333. The molecule has 2 amide bonds. The lowest BCUT2D eigenvalue weighted by atomic mass is 10.1. The van der Waals surface area contributed by atoms with Crippen LogP contribution in [0.2, 0.25) is 0 Å². The van der Waals surface area contributed by atoms with Crippen molar-refractivity contribution in [3.05, 3.63) is 65.2 Å². The van der Waals surface area contributed by atoms with Gasteiger partial charge in [-0.3, -0.25) is 19.2 Å². The van der Waals surface area contributed by atoms with Gasteiger partial charge in [0.25, 0.3) is 11.8 Å². The number of benzene rings is 2. The highest BCUT2D eigenvalue weighted by molar-refractivity contribution is 6.03. The Balaban J connectivity index is 2.40. The SMILES string of the molecule is COC(=O)C[C@H](NC(=O)c1cc(OCc2ccccc2)cc(C(=O)N[C@@H](CC(=O)OC)C(=O)OC)c1)C(=O)OC. The molecule has 0 bridgehead atoms. The normalized spacial score (nSPS) is 11.7. The topological polar surface area (TPSA) is 173 Å². The summed E-state index contributed by atoms with van der Waals surface area (Å²) in [6, 6.07) is 10.2. The Morgan fingerprint density at radius 1 is 0.650 bits per heavy atom. The molecule has 2 aromatic carbocycles. The van der Waals surface area contributed by atoms with E-state index in [-0.39, 0.29) is 23.5 Å². The number of amides is 2. The van der Waals surface area contributed by atoms with Crippen molar-refractivity contribution >= 4 is 35.7 Å². The predicted octanol–water partition coefficient (Wildman–Crippen LogP) is 0.935. The number of carbonyl (C=O) groups is 6. The van der Waals surface area contributed by atoms with Gasteiger partial charge in [-0.05, 0) is 23.8 Å². The van der Waals surface area contributed by atoms with E-state index in [9.17, 15) is 28.8 Å². The highest BCUT2D eigenvalue weighted by atomic mass is 16.5. The average Bonchev–Trinajstić information content (AvgIpc) is 2.98. The average molecular weight is 559 g/mol. The lowest BCUT2D eigenvalue weighted by Gasteiger charge is -2.18. The van der Waals surface area contributed by atoms with E-state index in [0.717, 1.165) is 34.0 Å². The van der Waals surface area contributed by atoms with Gasteiger partial charge in [-0.2, -0.15) is 0 Å². The summed E-state index contributed by atoms with van der Waals surface area (Å²) in [6.07, 6.45) is -0.998. The first-order valence-electron chi connectivity index (χ1n) is 11.8. The van der Waals surface area contributed by atoms with Crippen LogP contribution in [0.15, 0.2) is 48.5 Å². The molecule has 214 valence electrons. The van der Waals surface area contributed by atoms with Crippen molar-refractivity contribution in [1.82, 2.24) is 10.6 Å². The molecule has 13 heteroatoms. The largest absolute Gasteiger partial charge is 0.489 e. The smallest absolute Gasteiger partial charge is 0.328 e. The van der Waals surface area contributed by atoms with Gasteiger partial charge in [0, 0.05) is 11.1 Å². The van der Waals surface area contributed by atoms with Gasteiger partial charge in [0.05, 0.1) is 41.3 Å². The molecule has 0 aliphatic heterocycles. The second-order valence-electron chi connectivity index (χ2n) is 8.18. The Kier molecular flexibility index (Phi) is 12.1. The van der Waals surface area contributed by atoms with Gasteiger partial charge < -0.3 is 34.3 Å². The second-order valence-corrected chi connectivity index (χ2v) is 8.18. The molecular formula is C27H30N2O11. The molecule has 2 aromatic rings. The first-order chi connectivity index (χ1) is 19.1. The zero-order chi connectivity index (χ0) is 29.7. The van der Waals surface area contributed by atoms with Crippen LogP contribution in [0.3, 0.4) is 0 Å². The maximum absolute atomic E-state index is 13.1. The maximum Gasteiger partial charge on any atom is 0.328 e. The Morgan fingerprint density at radius 3 is 1.50 bits per heavy atom. The third-order valence-corrected chi connectivity index (χ3v) is 5.46. The standard InChI is InChI=1S/C27H30N2O11/c1-36-22(30)13-20(26(34)38-3)28-24(32)17-10-18(12-19(11-17)40-15-16-8-6-5-7-9-16)25(33)29-21(27(35)39-4)14-23(31)37-2/h5-12,20-21H,13-15H2,1-4H3,(H,28,32)(H,29,33)/t20-,21-/m0/s1. The molecule has 0 unspecified atom stereocenters. The van der Waals surface area contributed by atoms with Crippen LogP contribution >= 0.6 is 0 Å². The van der Waals surface area contributed by atoms with E-state index < -0.39 is 60.6 Å². The molecule has 2 rings (SSSR count). The molecule has 0 spiro atoms. The molecule has 2 N–H and O–H groups in total. The van der Waals surface area contributed by atoms with Crippen molar-refractivity contribution in [3.63, 3.8) is 0 Å². The fourth-order valence-electron chi connectivity index (χ4n) is 3.34. The molecule has 13 nitrogen and oxygen atoms in total. The van der Waals surface area contributed by atoms with Gasteiger partial charge in [0.2, 0.25) is 0 Å². The summed E-state index contributed by atoms with van der Waals surface area (Å²) >= 11 is 0. The molecule has 40 heavy (non-hydrogen) atoms. The summed E-state index contributed by atoms with van der Waals surface area (Å²) in [7, 11) is 4.42. The van der Waals surface area contributed by atoms with Crippen molar-refractivity contribution in [2.24, 2.45) is 0 Å². The zero-order valence-corrected chi connectivity index (χ0v) is 22.4. The number of carbonyl (C=O) groups excluding carboxylic acids is 6. The maximum atomic E-state index is 13.1. The van der Waals surface area contributed by atoms with Crippen molar-refractivity contribution in [2.45, 2.75) is 31.5 Å². The lowest BCUT2D eigenvalue weighted by Crippen LogP contribution is -2.44. The fourth-order valence-corrected chi connectivity index (χ4v) is 3.34. The number of esters is 4. The number of hydrogen-bond acceptors (Lipinski definition) is 11. The van der Waals surface area contributed by atoms with Gasteiger partial charge >= 0.3 is 23.9 Å². The van der Waals surface area contributed by atoms with Crippen molar-refractivity contribution < 1.29 is 52.5 Å². The van der Waals surface area contributed by atoms with E-state index in [1.165, 1.54) is 18.2 Å². The first-order valence-corrected chi connectivity index (χ1v) is 11.8. The van der Waals surface area contributed by atoms with Crippen LogP contribution in [0.5, 0.6) is 5.75 Å². The van der Waals surface area contributed by atoms with Gasteiger partial charge in [-0.1, -0.05) is 30.3 Å². The van der Waals surface area contributed by atoms with Gasteiger partial charge in [0.15, 0.2) is 0 Å². The van der Waals surface area contributed by atoms with E-state index in [2.05, 4.69) is 29.6 Å². The summed E-state index contributed by atoms with van der Waals surface area (Å²) in [6.45, 7) is 0.0905. The number of nitrogens with one attached hydrogen (secondary N) is 2. The van der Waals surface area contributed by atoms with Crippen LogP contribution in [0.4, 0.5) is 0 Å². The summed E-state index contributed by atoms with van der Waals surface area (Å²) in [5.41, 5.74) is 0.574. The molecule has 0 saturated carbocycles. The Bertz CT molecular complexity index is 1160. The molecule has 0 heterocycles. The van der Waals surface area contributed by atoms with Crippen LogP contribution in [-0.4, -0.2) is 76.2 Å². The summed E-state index contributed by atoms with van der Waals surface area (Å²) < 4.78 is 24.2. The Labute approximate surface area is 230 Å².